The molecule has 0 fully saturated rings. The number of hydrogen-bond acceptors (Lipinski definition) is 4. The highest BCUT2D eigenvalue weighted by Crippen LogP contribution is 2.21. The number of aromatic nitrogens is 2. The lowest BCUT2D eigenvalue weighted by Crippen LogP contribution is -2.11. The van der Waals surface area contributed by atoms with E-state index < -0.39 is 0 Å². The van der Waals surface area contributed by atoms with Gasteiger partial charge in [0.25, 0.3) is 5.91 Å². The molecule has 0 saturated carbocycles. The molecule has 0 atom stereocenters. The molecule has 6 heteroatoms. The topological polar surface area (TPSA) is 56.2 Å². The number of amides is 1. The van der Waals surface area contributed by atoms with Crippen LogP contribution in [0.25, 0.3) is 0 Å². The molecule has 3 rings (SSSR count). The minimum Gasteiger partial charge on any atom is -0.489 e. The fraction of sp³-hybridized carbons (Fsp3) is 0.333. The second-order valence-electron chi connectivity index (χ2n) is 6.77. The first-order valence-corrected chi connectivity index (χ1v) is 10.00. The largest absolute Gasteiger partial charge is 0.489 e. The lowest BCUT2D eigenvalue weighted by Gasteiger charge is -2.08. The maximum atomic E-state index is 12.4. The molecule has 0 saturated heterocycles. The molecule has 2 aromatic heterocycles. The van der Waals surface area contributed by atoms with Gasteiger partial charge in [0.1, 0.15) is 12.4 Å². The van der Waals surface area contributed by atoms with Crippen LogP contribution in [0.3, 0.4) is 0 Å². The number of aryl methyl sites for hydroxylation is 2. The normalized spacial score (nSPS) is 11.0. The van der Waals surface area contributed by atoms with Crippen molar-refractivity contribution in [3.05, 3.63) is 63.5 Å². The Morgan fingerprint density at radius 3 is 2.63 bits per heavy atom. The second-order valence-corrected chi connectivity index (χ2v) is 7.68. The summed E-state index contributed by atoms with van der Waals surface area (Å²) >= 11 is 1.41. The fourth-order valence-corrected chi connectivity index (χ4v) is 3.55. The lowest BCUT2D eigenvalue weighted by molar-refractivity contribution is 0.103. The molecule has 0 bridgehead atoms. The highest BCUT2D eigenvalue weighted by atomic mass is 32.1. The van der Waals surface area contributed by atoms with E-state index in [1.54, 1.807) is 0 Å². The summed E-state index contributed by atoms with van der Waals surface area (Å²) in [5, 5.41) is 9.17. The van der Waals surface area contributed by atoms with Crippen LogP contribution in [0, 0.1) is 6.92 Å². The zero-order chi connectivity index (χ0) is 19.4. The summed E-state index contributed by atoms with van der Waals surface area (Å²) in [7, 11) is 0. The van der Waals surface area contributed by atoms with Crippen LogP contribution in [0.15, 0.2) is 41.8 Å². The molecule has 0 aliphatic carbocycles. The number of hydrogen-bond donors (Lipinski definition) is 1. The standard InChI is InChI=1S/C21H25N3O2S/c1-5-24-15(4)10-20(23-24)22-21(25)19-11-16(13-27-19)12-26-18-8-6-17(7-9-18)14(2)3/h6-11,13-14H,5,12H2,1-4H3,(H,22,23,25). The quantitative estimate of drug-likeness (QED) is 0.608. The van der Waals surface area contributed by atoms with Crippen LogP contribution in [-0.2, 0) is 13.2 Å². The van der Waals surface area contributed by atoms with Gasteiger partial charge in [-0.15, -0.1) is 11.3 Å². The Hall–Kier alpha value is -2.60. The summed E-state index contributed by atoms with van der Waals surface area (Å²) in [5.41, 5.74) is 3.29. The number of thiophene rings is 1. The summed E-state index contributed by atoms with van der Waals surface area (Å²) in [6.07, 6.45) is 0. The Kier molecular flexibility index (Phi) is 5.96. The number of nitrogens with one attached hydrogen (secondary N) is 1. The molecule has 0 aliphatic heterocycles. The third-order valence-corrected chi connectivity index (χ3v) is 5.33. The summed E-state index contributed by atoms with van der Waals surface area (Å²) in [6, 6.07) is 11.9. The first-order chi connectivity index (χ1) is 13.0. The highest BCUT2D eigenvalue weighted by Gasteiger charge is 2.12. The average Bonchev–Trinajstić information content (AvgIpc) is 3.26. The van der Waals surface area contributed by atoms with Gasteiger partial charge in [0.2, 0.25) is 0 Å². The highest BCUT2D eigenvalue weighted by molar-refractivity contribution is 7.12. The summed E-state index contributed by atoms with van der Waals surface area (Å²) in [4.78, 5) is 13.1. The van der Waals surface area contributed by atoms with Crippen LogP contribution >= 0.6 is 11.3 Å². The number of carbonyl (C=O) groups is 1. The molecule has 1 aromatic carbocycles. The molecule has 2 heterocycles. The van der Waals surface area contributed by atoms with Crippen LogP contribution in [0.5, 0.6) is 5.75 Å². The van der Waals surface area contributed by atoms with E-state index in [0.717, 1.165) is 23.6 Å². The van der Waals surface area contributed by atoms with Crippen LogP contribution in [0.1, 0.15) is 53.2 Å². The van der Waals surface area contributed by atoms with Gasteiger partial charge in [-0.05, 0) is 48.9 Å². The van der Waals surface area contributed by atoms with Gasteiger partial charge >= 0.3 is 0 Å². The first kappa shape index (κ1) is 19.2. The number of anilines is 1. The minimum absolute atomic E-state index is 0.145. The van der Waals surface area contributed by atoms with E-state index in [9.17, 15) is 4.79 Å². The Morgan fingerprint density at radius 1 is 1.26 bits per heavy atom. The van der Waals surface area contributed by atoms with Crippen molar-refractivity contribution in [1.82, 2.24) is 9.78 Å². The Balaban J connectivity index is 1.57. The van der Waals surface area contributed by atoms with E-state index in [-0.39, 0.29) is 5.91 Å². The van der Waals surface area contributed by atoms with Crippen LogP contribution in [0.2, 0.25) is 0 Å². The molecule has 0 unspecified atom stereocenters. The van der Waals surface area contributed by atoms with E-state index >= 15 is 0 Å². The molecule has 0 radical (unpaired) electrons. The molecule has 3 aromatic rings. The lowest BCUT2D eigenvalue weighted by atomic mass is 10.0. The van der Waals surface area contributed by atoms with Gasteiger partial charge in [0.15, 0.2) is 5.82 Å². The first-order valence-electron chi connectivity index (χ1n) is 9.12. The maximum absolute atomic E-state index is 12.4. The smallest absolute Gasteiger partial charge is 0.266 e. The van der Waals surface area contributed by atoms with Gasteiger partial charge in [0.05, 0.1) is 4.88 Å². The number of benzene rings is 1. The van der Waals surface area contributed by atoms with E-state index in [2.05, 4.69) is 36.4 Å². The van der Waals surface area contributed by atoms with Gasteiger partial charge in [-0.1, -0.05) is 26.0 Å². The van der Waals surface area contributed by atoms with Gasteiger partial charge in [0, 0.05) is 23.9 Å². The number of carbonyl (C=O) groups excluding carboxylic acids is 1. The van der Waals surface area contributed by atoms with Crippen molar-refractivity contribution in [1.29, 1.82) is 0 Å². The molecular weight excluding hydrogens is 358 g/mol. The Morgan fingerprint density at radius 2 is 2.00 bits per heavy atom. The maximum Gasteiger partial charge on any atom is 0.266 e. The van der Waals surface area contributed by atoms with E-state index in [0.29, 0.717) is 23.2 Å². The summed E-state index contributed by atoms with van der Waals surface area (Å²) in [5.74, 6) is 1.77. The van der Waals surface area contributed by atoms with E-state index in [4.69, 9.17) is 4.74 Å². The summed E-state index contributed by atoms with van der Waals surface area (Å²) in [6.45, 7) is 9.55. The van der Waals surface area contributed by atoms with Gasteiger partial charge in [-0.2, -0.15) is 5.10 Å². The van der Waals surface area contributed by atoms with Crippen LogP contribution in [0.4, 0.5) is 5.82 Å². The van der Waals surface area contributed by atoms with Crippen LogP contribution in [-0.4, -0.2) is 15.7 Å². The SMILES string of the molecule is CCn1nc(NC(=O)c2cc(COc3ccc(C(C)C)cc3)cs2)cc1C. The zero-order valence-corrected chi connectivity index (χ0v) is 17.0. The molecule has 0 aliphatic rings. The van der Waals surface area contributed by atoms with Crippen molar-refractivity contribution in [2.45, 2.75) is 46.8 Å². The third-order valence-electron chi connectivity index (χ3n) is 4.35. The van der Waals surface area contributed by atoms with E-state index in [1.807, 2.05) is 48.2 Å². The van der Waals surface area contributed by atoms with Gasteiger partial charge < -0.3 is 10.1 Å². The van der Waals surface area contributed by atoms with Gasteiger partial charge in [-0.25, -0.2) is 0 Å². The number of nitrogens with zero attached hydrogens (tertiary/aromatic N) is 2. The molecule has 1 amide bonds. The average molecular weight is 384 g/mol. The Labute approximate surface area is 164 Å². The predicted molar refractivity (Wildman–Crippen MR) is 110 cm³/mol. The van der Waals surface area contributed by atoms with Crippen molar-refractivity contribution in [2.24, 2.45) is 0 Å². The molecule has 1 N–H and O–H groups in total. The summed E-state index contributed by atoms with van der Waals surface area (Å²) < 4.78 is 7.69. The van der Waals surface area contributed by atoms with Crippen molar-refractivity contribution >= 4 is 23.1 Å². The van der Waals surface area contributed by atoms with E-state index in [1.165, 1.54) is 16.9 Å². The molecule has 0 spiro atoms. The van der Waals surface area contributed by atoms with Crippen molar-refractivity contribution < 1.29 is 9.53 Å². The van der Waals surface area contributed by atoms with Crippen molar-refractivity contribution in [3.63, 3.8) is 0 Å². The van der Waals surface area contributed by atoms with Gasteiger partial charge in [-0.3, -0.25) is 9.48 Å². The number of rotatable bonds is 7. The Bertz CT molecular complexity index is 910. The molecule has 27 heavy (non-hydrogen) atoms. The minimum atomic E-state index is -0.145. The fourth-order valence-electron chi connectivity index (χ4n) is 2.76. The zero-order valence-electron chi connectivity index (χ0n) is 16.2. The second kappa shape index (κ2) is 8.39. The third kappa shape index (κ3) is 4.77. The van der Waals surface area contributed by atoms with Crippen LogP contribution < -0.4 is 10.1 Å². The predicted octanol–water partition coefficient (Wildman–Crippen LogP) is 5.23. The molecule has 142 valence electrons. The monoisotopic (exact) mass is 383 g/mol. The molecule has 5 nitrogen and oxygen atoms in total. The number of ether oxygens (including phenoxy) is 1. The van der Waals surface area contributed by atoms with Crippen molar-refractivity contribution in [2.75, 3.05) is 5.32 Å². The van der Waals surface area contributed by atoms with Crippen molar-refractivity contribution in [3.8, 4) is 5.75 Å². The molecular formula is C21H25N3O2S.